The molecule has 0 saturated carbocycles. The van der Waals surface area contributed by atoms with Crippen LogP contribution in [0.5, 0.6) is 0 Å². The van der Waals surface area contributed by atoms with Gasteiger partial charge >= 0.3 is 5.97 Å². The Labute approximate surface area is 122 Å². The third kappa shape index (κ3) is 2.18. The van der Waals surface area contributed by atoms with E-state index in [1.54, 1.807) is 12.1 Å². The molecule has 3 rings (SSSR count). The van der Waals surface area contributed by atoms with Gasteiger partial charge < -0.3 is 9.51 Å². The smallest absolute Gasteiger partial charge is 0.335 e. The van der Waals surface area contributed by atoms with Gasteiger partial charge in [0.05, 0.1) is 11.3 Å². The van der Waals surface area contributed by atoms with Crippen molar-refractivity contribution < 1.29 is 9.90 Å². The van der Waals surface area contributed by atoms with Gasteiger partial charge in [-0.3, -0.25) is 0 Å². The summed E-state index contributed by atoms with van der Waals surface area (Å²) in [4.78, 5) is 15.5. The molecule has 0 fully saturated rings. The Morgan fingerprint density at radius 1 is 1.10 bits per heavy atom. The summed E-state index contributed by atoms with van der Waals surface area (Å²) in [5, 5.41) is 8.96. The van der Waals surface area contributed by atoms with Gasteiger partial charge in [0, 0.05) is 11.9 Å². The minimum Gasteiger partial charge on any atom is -0.478 e. The molecule has 106 valence electrons. The highest BCUT2D eigenvalue weighted by Gasteiger charge is 2.10. The number of nitrogens with zero attached hydrogens (tertiary/aromatic N) is 2. The molecule has 4 nitrogen and oxygen atoms in total. The van der Waals surface area contributed by atoms with Gasteiger partial charge in [-0.25, -0.2) is 9.78 Å². The largest absolute Gasteiger partial charge is 0.478 e. The maximum absolute atomic E-state index is 10.9. The molecule has 2 aromatic heterocycles. The lowest BCUT2D eigenvalue weighted by atomic mass is 10.0. The molecule has 0 amide bonds. The average molecular weight is 280 g/mol. The number of pyridine rings is 1. The molecule has 21 heavy (non-hydrogen) atoms. The summed E-state index contributed by atoms with van der Waals surface area (Å²) in [6.45, 7) is 6.09. The van der Waals surface area contributed by atoms with Crippen molar-refractivity contribution in [1.82, 2.24) is 9.38 Å². The molecule has 0 aliphatic carbocycles. The summed E-state index contributed by atoms with van der Waals surface area (Å²) >= 11 is 0. The third-order valence-electron chi connectivity index (χ3n) is 3.84. The molecule has 0 aliphatic heterocycles. The first-order valence-corrected chi connectivity index (χ1v) is 6.77. The Morgan fingerprint density at radius 2 is 1.76 bits per heavy atom. The number of aromatic nitrogens is 2. The van der Waals surface area contributed by atoms with Gasteiger partial charge in [-0.2, -0.15) is 0 Å². The maximum atomic E-state index is 10.9. The Bertz CT molecular complexity index is 845. The van der Waals surface area contributed by atoms with Crippen molar-refractivity contribution in [2.24, 2.45) is 0 Å². The van der Waals surface area contributed by atoms with E-state index in [-0.39, 0.29) is 0 Å². The summed E-state index contributed by atoms with van der Waals surface area (Å²) in [7, 11) is 0. The molecule has 0 saturated heterocycles. The monoisotopic (exact) mass is 280 g/mol. The van der Waals surface area contributed by atoms with E-state index < -0.39 is 5.97 Å². The number of aromatic carboxylic acids is 1. The van der Waals surface area contributed by atoms with E-state index in [2.05, 4.69) is 15.5 Å². The molecule has 2 heterocycles. The summed E-state index contributed by atoms with van der Waals surface area (Å²) in [5.74, 6) is -0.908. The molecule has 0 spiro atoms. The SMILES string of the molecule is Cc1nc2c(C)cc(-c3ccc(C(=O)O)cc3)cn2c1C. The van der Waals surface area contributed by atoms with Gasteiger partial charge in [-0.05, 0) is 55.7 Å². The zero-order valence-corrected chi connectivity index (χ0v) is 12.2. The fourth-order valence-electron chi connectivity index (χ4n) is 2.50. The third-order valence-corrected chi connectivity index (χ3v) is 3.84. The van der Waals surface area contributed by atoms with E-state index in [1.165, 1.54) is 0 Å². The maximum Gasteiger partial charge on any atom is 0.335 e. The second-order valence-corrected chi connectivity index (χ2v) is 5.27. The van der Waals surface area contributed by atoms with Gasteiger partial charge in [0.2, 0.25) is 0 Å². The van der Waals surface area contributed by atoms with Crippen LogP contribution in [-0.2, 0) is 0 Å². The number of imidazole rings is 1. The quantitative estimate of drug-likeness (QED) is 0.780. The van der Waals surface area contributed by atoms with Gasteiger partial charge in [0.1, 0.15) is 5.65 Å². The Hall–Kier alpha value is -2.62. The summed E-state index contributed by atoms with van der Waals surface area (Å²) in [6, 6.07) is 9.01. The summed E-state index contributed by atoms with van der Waals surface area (Å²) in [5.41, 5.74) is 6.56. The van der Waals surface area contributed by atoms with E-state index in [9.17, 15) is 4.79 Å². The van der Waals surface area contributed by atoms with Crippen molar-refractivity contribution in [1.29, 1.82) is 0 Å². The van der Waals surface area contributed by atoms with E-state index >= 15 is 0 Å². The number of rotatable bonds is 2. The normalized spacial score (nSPS) is 11.0. The zero-order chi connectivity index (χ0) is 15.1. The average Bonchev–Trinajstić information content (AvgIpc) is 2.76. The van der Waals surface area contributed by atoms with Crippen molar-refractivity contribution in [3.63, 3.8) is 0 Å². The van der Waals surface area contributed by atoms with Crippen LogP contribution in [-0.4, -0.2) is 20.5 Å². The number of carboxylic acids is 1. The lowest BCUT2D eigenvalue weighted by Crippen LogP contribution is -1.96. The Kier molecular flexibility index (Phi) is 3.01. The Morgan fingerprint density at radius 3 is 2.38 bits per heavy atom. The minimum atomic E-state index is -0.908. The van der Waals surface area contributed by atoms with Crippen molar-refractivity contribution in [2.45, 2.75) is 20.8 Å². The number of aryl methyl sites for hydroxylation is 3. The molecule has 1 N–H and O–H groups in total. The van der Waals surface area contributed by atoms with Crippen LogP contribution in [0.15, 0.2) is 36.5 Å². The molecule has 0 radical (unpaired) electrons. The summed E-state index contributed by atoms with van der Waals surface area (Å²) in [6.07, 6.45) is 2.05. The number of carbonyl (C=O) groups is 1. The lowest BCUT2D eigenvalue weighted by Gasteiger charge is -2.07. The molecule has 0 unspecified atom stereocenters. The van der Waals surface area contributed by atoms with Crippen LogP contribution in [0, 0.1) is 20.8 Å². The molecular formula is C17H16N2O2. The van der Waals surface area contributed by atoms with Crippen molar-refractivity contribution in [3.8, 4) is 11.1 Å². The first-order valence-electron chi connectivity index (χ1n) is 6.77. The van der Waals surface area contributed by atoms with Crippen molar-refractivity contribution >= 4 is 11.6 Å². The number of fused-ring (bicyclic) bond motifs is 1. The summed E-state index contributed by atoms with van der Waals surface area (Å²) < 4.78 is 2.09. The van der Waals surface area contributed by atoms with Crippen molar-refractivity contribution in [3.05, 3.63) is 59.0 Å². The fraction of sp³-hybridized carbons (Fsp3) is 0.176. The molecular weight excluding hydrogens is 264 g/mol. The minimum absolute atomic E-state index is 0.297. The van der Waals surface area contributed by atoms with Crippen LogP contribution in [0.3, 0.4) is 0 Å². The Balaban J connectivity index is 2.16. The van der Waals surface area contributed by atoms with Crippen LogP contribution in [0.25, 0.3) is 16.8 Å². The van der Waals surface area contributed by atoms with Crippen LogP contribution in [0.4, 0.5) is 0 Å². The second kappa shape index (κ2) is 4.74. The molecule has 1 aromatic carbocycles. The fourth-order valence-corrected chi connectivity index (χ4v) is 2.50. The number of carboxylic acid groups (broad SMARTS) is 1. The van der Waals surface area contributed by atoms with Crippen LogP contribution < -0.4 is 0 Å². The molecule has 3 aromatic rings. The topological polar surface area (TPSA) is 54.6 Å². The van der Waals surface area contributed by atoms with E-state index in [1.807, 2.05) is 39.1 Å². The molecule has 4 heteroatoms. The standard InChI is InChI=1S/C17H16N2O2/c1-10-8-15(9-19-12(3)11(2)18-16(10)19)13-4-6-14(7-5-13)17(20)21/h4-9H,1-3H3,(H,20,21). The van der Waals surface area contributed by atoms with Crippen molar-refractivity contribution in [2.75, 3.05) is 0 Å². The molecule has 0 aliphatic rings. The van der Waals surface area contributed by atoms with E-state index in [0.717, 1.165) is 33.7 Å². The lowest BCUT2D eigenvalue weighted by molar-refractivity contribution is 0.0697. The predicted octanol–water partition coefficient (Wildman–Crippen LogP) is 3.62. The predicted molar refractivity (Wildman–Crippen MR) is 81.8 cm³/mol. The highest BCUT2D eigenvalue weighted by molar-refractivity contribution is 5.88. The highest BCUT2D eigenvalue weighted by Crippen LogP contribution is 2.24. The number of benzene rings is 1. The first-order chi connectivity index (χ1) is 9.97. The van der Waals surface area contributed by atoms with E-state index in [0.29, 0.717) is 5.56 Å². The van der Waals surface area contributed by atoms with Gasteiger partial charge in [-0.1, -0.05) is 12.1 Å². The van der Waals surface area contributed by atoms with Crippen LogP contribution in [0.2, 0.25) is 0 Å². The molecule has 0 atom stereocenters. The van der Waals surface area contributed by atoms with E-state index in [4.69, 9.17) is 5.11 Å². The van der Waals surface area contributed by atoms with Gasteiger partial charge in [-0.15, -0.1) is 0 Å². The highest BCUT2D eigenvalue weighted by atomic mass is 16.4. The number of hydrogen-bond acceptors (Lipinski definition) is 2. The zero-order valence-electron chi connectivity index (χ0n) is 12.2. The first kappa shape index (κ1) is 13.4. The van der Waals surface area contributed by atoms with Crippen LogP contribution >= 0.6 is 0 Å². The van der Waals surface area contributed by atoms with Gasteiger partial charge in [0.15, 0.2) is 0 Å². The molecule has 0 bridgehead atoms. The second-order valence-electron chi connectivity index (χ2n) is 5.27. The van der Waals surface area contributed by atoms with Gasteiger partial charge in [0.25, 0.3) is 0 Å². The van der Waals surface area contributed by atoms with Crippen LogP contribution in [0.1, 0.15) is 27.3 Å². The number of hydrogen-bond donors (Lipinski definition) is 1.